The molecule has 0 unspecified atom stereocenters. The number of nitrogens with two attached hydrogens (primary N) is 1. The zero-order valence-corrected chi connectivity index (χ0v) is 10.0. The summed E-state index contributed by atoms with van der Waals surface area (Å²) >= 11 is 6.22. The molecule has 0 radical (unpaired) electrons. The minimum absolute atomic E-state index is 0.310. The number of rotatable bonds is 2. The number of aromatic nitrogens is 3. The van der Waals surface area contributed by atoms with Gasteiger partial charge in [-0.15, -0.1) is 0 Å². The van der Waals surface area contributed by atoms with E-state index in [1.165, 1.54) is 0 Å². The molecule has 0 amide bonds. The van der Waals surface area contributed by atoms with Gasteiger partial charge < -0.3 is 5.73 Å². The number of hydrogen-bond acceptors (Lipinski definition) is 3. The number of nitrogens with zero attached hydrogens (tertiary/aromatic N) is 3. The van der Waals surface area contributed by atoms with Gasteiger partial charge in [0.25, 0.3) is 0 Å². The molecular weight excluding hydrogens is 236 g/mol. The Hall–Kier alpha value is -1.55. The number of benzene rings is 1. The molecule has 1 aliphatic rings. The third kappa shape index (κ3) is 1.78. The molecule has 2 aromatic rings. The van der Waals surface area contributed by atoms with E-state index < -0.39 is 0 Å². The van der Waals surface area contributed by atoms with E-state index in [1.54, 1.807) is 17.2 Å². The molecule has 88 valence electrons. The van der Waals surface area contributed by atoms with Gasteiger partial charge in [-0.2, -0.15) is 15.0 Å². The van der Waals surface area contributed by atoms with Crippen molar-refractivity contribution in [2.75, 3.05) is 5.73 Å². The minimum atomic E-state index is 0.310. The molecular formula is C12H13ClN4. The quantitative estimate of drug-likeness (QED) is 0.832. The Morgan fingerprint density at radius 2 is 2.00 bits per heavy atom. The van der Waals surface area contributed by atoms with Crippen LogP contribution in [0.4, 0.5) is 5.69 Å². The van der Waals surface area contributed by atoms with Gasteiger partial charge in [0.1, 0.15) is 0 Å². The van der Waals surface area contributed by atoms with E-state index in [1.807, 2.05) is 18.2 Å². The Morgan fingerprint density at radius 3 is 2.65 bits per heavy atom. The summed E-state index contributed by atoms with van der Waals surface area (Å²) in [6, 6.07) is 5.95. The number of anilines is 1. The first-order chi connectivity index (χ1) is 8.25. The Labute approximate surface area is 104 Å². The van der Waals surface area contributed by atoms with Gasteiger partial charge in [-0.05, 0) is 36.6 Å². The van der Waals surface area contributed by atoms with E-state index in [2.05, 4.69) is 10.2 Å². The van der Waals surface area contributed by atoms with Crippen LogP contribution in [-0.2, 0) is 0 Å². The van der Waals surface area contributed by atoms with Gasteiger partial charge in [0, 0.05) is 16.6 Å². The van der Waals surface area contributed by atoms with E-state index in [4.69, 9.17) is 17.3 Å². The standard InChI is InChI=1S/C12H13ClN4/c13-11-3-1-8(14)7-10(11)9-2-4-12(9)17-15-5-6-16-17/h1,3,5-7,9,12H,2,4,14H2/t9-,12+/m0/s1. The summed E-state index contributed by atoms with van der Waals surface area (Å²) in [5.74, 6) is 0.374. The normalized spacial score (nSPS) is 23.4. The van der Waals surface area contributed by atoms with Crippen molar-refractivity contribution in [1.82, 2.24) is 15.0 Å². The van der Waals surface area contributed by atoms with Crippen LogP contribution in [0.25, 0.3) is 0 Å². The molecule has 0 aliphatic heterocycles. The van der Waals surface area contributed by atoms with Gasteiger partial charge >= 0.3 is 0 Å². The maximum absolute atomic E-state index is 6.22. The van der Waals surface area contributed by atoms with Crippen LogP contribution in [0.2, 0.25) is 5.02 Å². The molecule has 0 spiro atoms. The molecule has 17 heavy (non-hydrogen) atoms. The molecule has 3 rings (SSSR count). The molecule has 5 heteroatoms. The highest BCUT2D eigenvalue weighted by Gasteiger charge is 2.36. The van der Waals surface area contributed by atoms with Gasteiger partial charge in [0.05, 0.1) is 18.4 Å². The van der Waals surface area contributed by atoms with Crippen LogP contribution >= 0.6 is 11.6 Å². The molecule has 1 heterocycles. The van der Waals surface area contributed by atoms with Crippen LogP contribution in [0.5, 0.6) is 0 Å². The van der Waals surface area contributed by atoms with Gasteiger partial charge in [0.15, 0.2) is 0 Å². The second-order valence-electron chi connectivity index (χ2n) is 4.38. The number of nitrogen functional groups attached to an aromatic ring is 1. The van der Waals surface area contributed by atoms with Crippen LogP contribution < -0.4 is 5.73 Å². The number of hydrogen-bond donors (Lipinski definition) is 1. The molecule has 0 bridgehead atoms. The van der Waals surface area contributed by atoms with E-state index in [-0.39, 0.29) is 0 Å². The predicted molar refractivity (Wildman–Crippen MR) is 66.9 cm³/mol. The summed E-state index contributed by atoms with van der Waals surface area (Å²) in [4.78, 5) is 1.77. The number of halogens is 1. The van der Waals surface area contributed by atoms with Crippen molar-refractivity contribution in [3.05, 3.63) is 41.2 Å². The van der Waals surface area contributed by atoms with Crippen molar-refractivity contribution in [2.45, 2.75) is 24.8 Å². The first-order valence-electron chi connectivity index (χ1n) is 5.66. The lowest BCUT2D eigenvalue weighted by Gasteiger charge is -2.36. The summed E-state index contributed by atoms with van der Waals surface area (Å²) < 4.78 is 0. The largest absolute Gasteiger partial charge is 0.399 e. The van der Waals surface area contributed by atoms with Crippen LogP contribution in [0, 0.1) is 0 Å². The fraction of sp³-hybridized carbons (Fsp3) is 0.333. The van der Waals surface area contributed by atoms with Crippen LogP contribution in [0.3, 0.4) is 0 Å². The zero-order chi connectivity index (χ0) is 11.8. The van der Waals surface area contributed by atoms with Gasteiger partial charge in [-0.3, -0.25) is 0 Å². The molecule has 2 atom stereocenters. The highest BCUT2D eigenvalue weighted by Crippen LogP contribution is 2.47. The zero-order valence-electron chi connectivity index (χ0n) is 9.25. The second-order valence-corrected chi connectivity index (χ2v) is 4.79. The van der Waals surface area contributed by atoms with Crippen molar-refractivity contribution in [3.63, 3.8) is 0 Å². The fourth-order valence-corrected chi connectivity index (χ4v) is 2.62. The monoisotopic (exact) mass is 248 g/mol. The molecule has 1 aromatic carbocycles. The molecule has 1 aliphatic carbocycles. The predicted octanol–water partition coefficient (Wildman–Crippen LogP) is 2.63. The Kier molecular flexibility index (Phi) is 2.52. The van der Waals surface area contributed by atoms with E-state index in [0.29, 0.717) is 12.0 Å². The van der Waals surface area contributed by atoms with Crippen LogP contribution in [-0.4, -0.2) is 15.0 Å². The van der Waals surface area contributed by atoms with Crippen molar-refractivity contribution < 1.29 is 0 Å². The lowest BCUT2D eigenvalue weighted by Crippen LogP contribution is -2.29. The highest BCUT2D eigenvalue weighted by atomic mass is 35.5. The molecule has 4 nitrogen and oxygen atoms in total. The highest BCUT2D eigenvalue weighted by molar-refractivity contribution is 6.31. The average Bonchev–Trinajstić information content (AvgIpc) is 2.75. The SMILES string of the molecule is Nc1ccc(Cl)c([C@@H]2CC[C@H]2n2nccn2)c1. The Morgan fingerprint density at radius 1 is 1.24 bits per heavy atom. The Balaban J connectivity index is 1.92. The molecule has 0 saturated heterocycles. The van der Waals surface area contributed by atoms with Gasteiger partial charge in [0.2, 0.25) is 0 Å². The van der Waals surface area contributed by atoms with E-state index in [9.17, 15) is 0 Å². The molecule has 1 fully saturated rings. The van der Waals surface area contributed by atoms with Crippen molar-refractivity contribution >= 4 is 17.3 Å². The van der Waals surface area contributed by atoms with Crippen LogP contribution in [0.1, 0.15) is 30.4 Å². The minimum Gasteiger partial charge on any atom is -0.399 e. The maximum atomic E-state index is 6.22. The van der Waals surface area contributed by atoms with Crippen molar-refractivity contribution in [2.24, 2.45) is 0 Å². The third-order valence-electron chi connectivity index (χ3n) is 3.39. The summed E-state index contributed by atoms with van der Waals surface area (Å²) in [6.07, 6.45) is 5.60. The average molecular weight is 249 g/mol. The second kappa shape index (κ2) is 4.04. The topological polar surface area (TPSA) is 56.7 Å². The molecule has 1 saturated carbocycles. The maximum Gasteiger partial charge on any atom is 0.0785 e. The third-order valence-corrected chi connectivity index (χ3v) is 3.73. The van der Waals surface area contributed by atoms with Crippen molar-refractivity contribution in [3.8, 4) is 0 Å². The van der Waals surface area contributed by atoms with E-state index in [0.717, 1.165) is 29.1 Å². The summed E-state index contributed by atoms with van der Waals surface area (Å²) in [5, 5.41) is 9.17. The summed E-state index contributed by atoms with van der Waals surface area (Å²) in [5.41, 5.74) is 7.68. The smallest absolute Gasteiger partial charge is 0.0785 e. The van der Waals surface area contributed by atoms with Crippen molar-refractivity contribution in [1.29, 1.82) is 0 Å². The lowest BCUT2D eigenvalue weighted by atomic mass is 9.75. The van der Waals surface area contributed by atoms with Crippen LogP contribution in [0.15, 0.2) is 30.6 Å². The summed E-state index contributed by atoms with van der Waals surface area (Å²) in [6.45, 7) is 0. The molecule has 1 aromatic heterocycles. The van der Waals surface area contributed by atoms with Gasteiger partial charge in [-0.1, -0.05) is 11.6 Å². The van der Waals surface area contributed by atoms with E-state index >= 15 is 0 Å². The van der Waals surface area contributed by atoms with Gasteiger partial charge in [-0.25, -0.2) is 0 Å². The molecule has 2 N–H and O–H groups in total. The Bertz CT molecular complexity index is 523. The fourth-order valence-electron chi connectivity index (χ4n) is 2.37. The first-order valence-corrected chi connectivity index (χ1v) is 6.04. The summed E-state index contributed by atoms with van der Waals surface area (Å²) in [7, 11) is 0. The first kappa shape index (κ1) is 10.6. The lowest BCUT2D eigenvalue weighted by molar-refractivity contribution is 0.214.